The molecule has 2 heterocycles. The number of benzene rings is 1. The predicted molar refractivity (Wildman–Crippen MR) is 83.6 cm³/mol. The lowest BCUT2D eigenvalue weighted by molar-refractivity contribution is -0.122. The Labute approximate surface area is 126 Å². The van der Waals surface area contributed by atoms with E-state index in [0.717, 1.165) is 38.2 Å². The van der Waals surface area contributed by atoms with Crippen molar-refractivity contribution in [2.24, 2.45) is 0 Å². The van der Waals surface area contributed by atoms with Crippen molar-refractivity contribution in [1.29, 1.82) is 0 Å². The minimum atomic E-state index is 0.212. The number of fused-ring (bicyclic) bond motifs is 1. The fourth-order valence-electron chi connectivity index (χ4n) is 3.38. The van der Waals surface area contributed by atoms with Gasteiger partial charge in [0, 0.05) is 24.8 Å². The fraction of sp³-hybridized carbons (Fsp3) is 0.588. The Morgan fingerprint density at radius 1 is 1.38 bits per heavy atom. The molecule has 0 bridgehead atoms. The number of morpholine rings is 1. The average molecular weight is 288 g/mol. The van der Waals surface area contributed by atoms with Gasteiger partial charge in [-0.25, -0.2) is 0 Å². The molecular formula is C17H24N2O2. The molecule has 1 fully saturated rings. The van der Waals surface area contributed by atoms with Crippen molar-refractivity contribution in [1.82, 2.24) is 4.90 Å². The van der Waals surface area contributed by atoms with Gasteiger partial charge in [-0.05, 0) is 31.4 Å². The number of ether oxygens (including phenoxy) is 1. The number of amides is 1. The summed E-state index contributed by atoms with van der Waals surface area (Å²) in [4.78, 5) is 16.9. The van der Waals surface area contributed by atoms with E-state index < -0.39 is 0 Å². The minimum absolute atomic E-state index is 0.212. The Morgan fingerprint density at radius 3 is 3.00 bits per heavy atom. The van der Waals surface area contributed by atoms with E-state index in [9.17, 15) is 4.79 Å². The normalized spacial score (nSPS) is 25.9. The molecule has 2 aliphatic heterocycles. The molecule has 0 aromatic heterocycles. The zero-order chi connectivity index (χ0) is 14.8. The molecule has 1 aromatic carbocycles. The highest BCUT2D eigenvalue weighted by molar-refractivity contribution is 5.97. The molecule has 0 N–H and O–H groups in total. The zero-order valence-corrected chi connectivity index (χ0v) is 12.9. The highest BCUT2D eigenvalue weighted by Crippen LogP contribution is 2.31. The monoisotopic (exact) mass is 288 g/mol. The van der Waals surface area contributed by atoms with E-state index in [1.165, 1.54) is 5.56 Å². The molecule has 0 spiro atoms. The van der Waals surface area contributed by atoms with Crippen molar-refractivity contribution >= 4 is 11.6 Å². The van der Waals surface area contributed by atoms with Crippen LogP contribution in [0.4, 0.5) is 5.69 Å². The number of nitrogens with zero attached hydrogens (tertiary/aromatic N) is 2. The van der Waals surface area contributed by atoms with Crippen LogP contribution < -0.4 is 4.90 Å². The predicted octanol–water partition coefficient (Wildman–Crippen LogP) is 2.08. The summed E-state index contributed by atoms with van der Waals surface area (Å²) in [6.45, 7) is 7.22. The molecule has 0 aliphatic carbocycles. The lowest BCUT2D eigenvalue weighted by atomic mass is 10.1. The summed E-state index contributed by atoms with van der Waals surface area (Å²) < 4.78 is 5.68. The lowest BCUT2D eigenvalue weighted by Gasteiger charge is -2.33. The van der Waals surface area contributed by atoms with E-state index in [-0.39, 0.29) is 18.1 Å². The summed E-state index contributed by atoms with van der Waals surface area (Å²) in [6.07, 6.45) is 2.24. The van der Waals surface area contributed by atoms with Crippen molar-refractivity contribution in [2.45, 2.75) is 38.8 Å². The van der Waals surface area contributed by atoms with Crippen LogP contribution in [0.3, 0.4) is 0 Å². The van der Waals surface area contributed by atoms with Crippen LogP contribution in [0, 0.1) is 0 Å². The first-order valence-corrected chi connectivity index (χ1v) is 7.93. The van der Waals surface area contributed by atoms with Crippen LogP contribution in [0.25, 0.3) is 0 Å². The van der Waals surface area contributed by atoms with Crippen LogP contribution in [-0.4, -0.2) is 49.2 Å². The van der Waals surface area contributed by atoms with Crippen molar-refractivity contribution in [3.8, 4) is 0 Å². The van der Waals surface area contributed by atoms with Gasteiger partial charge in [0.2, 0.25) is 5.91 Å². The van der Waals surface area contributed by atoms with Gasteiger partial charge in [0.15, 0.2) is 0 Å². The summed E-state index contributed by atoms with van der Waals surface area (Å²) in [5, 5.41) is 0. The van der Waals surface area contributed by atoms with Gasteiger partial charge in [-0.15, -0.1) is 0 Å². The van der Waals surface area contributed by atoms with Crippen LogP contribution in [0.15, 0.2) is 24.3 Å². The summed E-state index contributed by atoms with van der Waals surface area (Å²) in [5.74, 6) is 0.212. The molecule has 0 saturated carbocycles. The Balaban J connectivity index is 1.68. The Morgan fingerprint density at radius 2 is 2.19 bits per heavy atom. The first kappa shape index (κ1) is 14.5. The molecule has 1 amide bonds. The number of rotatable bonds is 3. The number of anilines is 1. The second-order valence-corrected chi connectivity index (χ2v) is 6.08. The van der Waals surface area contributed by atoms with Gasteiger partial charge < -0.3 is 9.64 Å². The van der Waals surface area contributed by atoms with Gasteiger partial charge in [-0.3, -0.25) is 9.69 Å². The van der Waals surface area contributed by atoms with Crippen LogP contribution in [0.2, 0.25) is 0 Å². The first-order chi connectivity index (χ1) is 10.2. The topological polar surface area (TPSA) is 32.8 Å². The number of carbonyl (C=O) groups excluding carboxylic acids is 1. The minimum Gasteiger partial charge on any atom is -0.376 e. The number of hydrogen-bond acceptors (Lipinski definition) is 3. The molecule has 1 unspecified atom stereocenters. The van der Waals surface area contributed by atoms with Gasteiger partial charge in [-0.1, -0.05) is 25.1 Å². The van der Waals surface area contributed by atoms with E-state index in [0.29, 0.717) is 6.54 Å². The Bertz CT molecular complexity index is 517. The van der Waals surface area contributed by atoms with E-state index in [1.54, 1.807) is 0 Å². The molecule has 114 valence electrons. The van der Waals surface area contributed by atoms with Gasteiger partial charge in [0.1, 0.15) is 0 Å². The van der Waals surface area contributed by atoms with Gasteiger partial charge >= 0.3 is 0 Å². The van der Waals surface area contributed by atoms with E-state index >= 15 is 0 Å². The molecule has 2 atom stereocenters. The standard InChI is InChI=1S/C17H24N2O2/c1-3-15-11-18(8-9-21-15)12-17(20)19-13(2)10-14-6-4-5-7-16(14)19/h4-7,13,15H,3,8-12H2,1-2H3/t13?,15-/m1/s1. The summed E-state index contributed by atoms with van der Waals surface area (Å²) in [5.41, 5.74) is 2.38. The average Bonchev–Trinajstić information content (AvgIpc) is 2.83. The maximum absolute atomic E-state index is 12.7. The Kier molecular flexibility index (Phi) is 4.27. The molecule has 1 saturated heterocycles. The van der Waals surface area contributed by atoms with E-state index in [4.69, 9.17) is 4.74 Å². The number of carbonyl (C=O) groups is 1. The van der Waals surface area contributed by atoms with Gasteiger partial charge in [-0.2, -0.15) is 0 Å². The third-order valence-corrected chi connectivity index (χ3v) is 4.51. The van der Waals surface area contributed by atoms with Crippen LogP contribution in [0.1, 0.15) is 25.8 Å². The quantitative estimate of drug-likeness (QED) is 0.853. The highest BCUT2D eigenvalue weighted by Gasteiger charge is 2.32. The molecule has 2 aliphatic rings. The van der Waals surface area contributed by atoms with Gasteiger partial charge in [0.05, 0.1) is 19.3 Å². The van der Waals surface area contributed by atoms with Crippen molar-refractivity contribution in [3.63, 3.8) is 0 Å². The zero-order valence-electron chi connectivity index (χ0n) is 12.9. The Hall–Kier alpha value is -1.39. The SMILES string of the molecule is CC[C@@H]1CN(CC(=O)N2c3ccccc3CC2C)CCO1. The number of hydrogen-bond donors (Lipinski definition) is 0. The first-order valence-electron chi connectivity index (χ1n) is 7.93. The summed E-state index contributed by atoms with van der Waals surface area (Å²) >= 11 is 0. The summed E-state index contributed by atoms with van der Waals surface area (Å²) in [7, 11) is 0. The second-order valence-electron chi connectivity index (χ2n) is 6.08. The third kappa shape index (κ3) is 2.97. The lowest BCUT2D eigenvalue weighted by Crippen LogP contribution is -2.48. The smallest absolute Gasteiger partial charge is 0.241 e. The van der Waals surface area contributed by atoms with Crippen LogP contribution in [0.5, 0.6) is 0 Å². The molecule has 4 nitrogen and oxygen atoms in total. The van der Waals surface area contributed by atoms with E-state index in [2.05, 4.69) is 30.9 Å². The van der Waals surface area contributed by atoms with Gasteiger partial charge in [0.25, 0.3) is 0 Å². The molecular weight excluding hydrogens is 264 g/mol. The second kappa shape index (κ2) is 6.16. The third-order valence-electron chi connectivity index (χ3n) is 4.51. The summed E-state index contributed by atoms with van der Waals surface area (Å²) in [6, 6.07) is 8.51. The largest absolute Gasteiger partial charge is 0.376 e. The fourth-order valence-corrected chi connectivity index (χ4v) is 3.38. The molecule has 0 radical (unpaired) electrons. The van der Waals surface area contributed by atoms with E-state index in [1.807, 2.05) is 17.0 Å². The number of para-hydroxylation sites is 1. The molecule has 21 heavy (non-hydrogen) atoms. The van der Waals surface area contributed by atoms with Crippen molar-refractivity contribution < 1.29 is 9.53 Å². The van der Waals surface area contributed by atoms with Crippen molar-refractivity contribution in [2.75, 3.05) is 31.1 Å². The van der Waals surface area contributed by atoms with Crippen LogP contribution in [-0.2, 0) is 16.0 Å². The van der Waals surface area contributed by atoms with Crippen molar-refractivity contribution in [3.05, 3.63) is 29.8 Å². The maximum Gasteiger partial charge on any atom is 0.241 e. The maximum atomic E-state index is 12.7. The highest BCUT2D eigenvalue weighted by atomic mass is 16.5. The molecule has 1 aromatic rings. The molecule has 4 heteroatoms. The van der Waals surface area contributed by atoms with Crippen LogP contribution >= 0.6 is 0 Å². The molecule has 3 rings (SSSR count).